The Bertz CT molecular complexity index is 280. The van der Waals surface area contributed by atoms with Crippen LogP contribution in [0.2, 0.25) is 0 Å². The van der Waals surface area contributed by atoms with Crippen molar-refractivity contribution in [1.82, 2.24) is 14.7 Å². The van der Waals surface area contributed by atoms with Crippen LogP contribution >= 0.6 is 0 Å². The molecule has 0 fully saturated rings. The summed E-state index contributed by atoms with van der Waals surface area (Å²) in [5, 5.41) is 0. The molecule has 0 saturated heterocycles. The van der Waals surface area contributed by atoms with Crippen molar-refractivity contribution in [2.75, 3.05) is 34.2 Å². The molecular weight excluding hydrogens is 230 g/mol. The third-order valence-corrected chi connectivity index (χ3v) is 2.71. The number of hydrogen-bond acceptors (Lipinski definition) is 3. The molecule has 0 aromatic rings. The van der Waals surface area contributed by atoms with Crippen LogP contribution in [0.25, 0.3) is 0 Å². The fourth-order valence-electron chi connectivity index (χ4n) is 1.91. The highest BCUT2D eigenvalue weighted by atomic mass is 16.2. The van der Waals surface area contributed by atoms with Crippen LogP contribution in [0.3, 0.4) is 0 Å². The van der Waals surface area contributed by atoms with Gasteiger partial charge in [-0.15, -0.1) is 0 Å². The van der Waals surface area contributed by atoms with E-state index >= 15 is 0 Å². The van der Waals surface area contributed by atoms with Gasteiger partial charge in [0.1, 0.15) is 0 Å². The van der Waals surface area contributed by atoms with E-state index in [1.165, 1.54) is 4.90 Å². The topological polar surface area (TPSA) is 43.9 Å². The van der Waals surface area contributed by atoms with Crippen LogP contribution in [0.5, 0.6) is 0 Å². The van der Waals surface area contributed by atoms with Gasteiger partial charge >= 0.3 is 0 Å². The molecule has 5 nitrogen and oxygen atoms in total. The van der Waals surface area contributed by atoms with Gasteiger partial charge in [0.15, 0.2) is 0 Å². The van der Waals surface area contributed by atoms with Crippen molar-refractivity contribution in [3.63, 3.8) is 0 Å². The van der Waals surface area contributed by atoms with E-state index in [0.29, 0.717) is 0 Å². The maximum Gasteiger partial charge on any atom is 0.237 e. The van der Waals surface area contributed by atoms with Gasteiger partial charge in [-0.1, -0.05) is 0 Å². The fourth-order valence-corrected chi connectivity index (χ4v) is 1.91. The minimum Gasteiger partial charge on any atom is -0.348 e. The molecule has 0 unspecified atom stereocenters. The zero-order chi connectivity index (χ0) is 14.5. The Morgan fingerprint density at radius 1 is 0.833 bits per heavy atom. The Morgan fingerprint density at radius 3 is 1.56 bits per heavy atom. The van der Waals surface area contributed by atoms with E-state index in [0.717, 1.165) is 0 Å². The second kappa shape index (κ2) is 7.36. The first-order chi connectivity index (χ1) is 8.16. The molecular formula is C13H27N3O2. The molecule has 0 atom stereocenters. The predicted molar refractivity (Wildman–Crippen MR) is 73.3 cm³/mol. The largest absolute Gasteiger partial charge is 0.348 e. The molecule has 0 aliphatic heterocycles. The van der Waals surface area contributed by atoms with E-state index in [2.05, 4.69) is 0 Å². The number of carbonyl (C=O) groups is 2. The highest BCUT2D eigenvalue weighted by molar-refractivity contribution is 5.81. The van der Waals surface area contributed by atoms with E-state index in [1.54, 1.807) is 26.0 Å². The first kappa shape index (κ1) is 16.9. The first-order valence-corrected chi connectivity index (χ1v) is 6.36. The summed E-state index contributed by atoms with van der Waals surface area (Å²) in [5.41, 5.74) is 0. The number of likely N-dealkylation sites (N-methyl/N-ethyl adjacent to an activating group) is 2. The number of rotatable bonds is 6. The molecule has 0 spiro atoms. The second-order valence-corrected chi connectivity index (χ2v) is 5.45. The first-order valence-electron chi connectivity index (χ1n) is 6.36. The lowest BCUT2D eigenvalue weighted by molar-refractivity contribution is -0.136. The minimum atomic E-state index is 0.00550. The Labute approximate surface area is 111 Å². The van der Waals surface area contributed by atoms with Gasteiger partial charge in [-0.25, -0.2) is 0 Å². The number of nitrogens with zero attached hydrogens (tertiary/aromatic N) is 3. The van der Waals surface area contributed by atoms with Crippen molar-refractivity contribution in [3.05, 3.63) is 0 Å². The van der Waals surface area contributed by atoms with E-state index in [9.17, 15) is 9.59 Å². The summed E-state index contributed by atoms with van der Waals surface area (Å²) in [5.74, 6) is 0.0694. The Hall–Kier alpha value is -1.10. The van der Waals surface area contributed by atoms with Crippen molar-refractivity contribution in [3.8, 4) is 0 Å². The molecule has 0 aliphatic rings. The number of amides is 2. The molecule has 0 aliphatic carbocycles. The van der Waals surface area contributed by atoms with Crippen LogP contribution in [0.15, 0.2) is 0 Å². The van der Waals surface area contributed by atoms with Gasteiger partial charge in [0.2, 0.25) is 11.8 Å². The Kier molecular flexibility index (Phi) is 6.91. The van der Waals surface area contributed by atoms with E-state index in [-0.39, 0.29) is 37.0 Å². The van der Waals surface area contributed by atoms with Crippen molar-refractivity contribution in [2.24, 2.45) is 0 Å². The summed E-state index contributed by atoms with van der Waals surface area (Å²) in [6, 6.07) is 0.353. The van der Waals surface area contributed by atoms with Gasteiger partial charge in [-0.3, -0.25) is 14.5 Å². The molecule has 0 rings (SSSR count). The molecule has 2 amide bonds. The number of carbonyl (C=O) groups excluding carboxylic acids is 2. The SMILES string of the molecule is CC(C)N(C(=O)CN(C)CC(=O)N(C)C)C(C)C. The predicted octanol–water partition coefficient (Wildman–Crippen LogP) is 0.652. The third kappa shape index (κ3) is 5.49. The molecule has 5 heteroatoms. The highest BCUT2D eigenvalue weighted by Crippen LogP contribution is 2.06. The van der Waals surface area contributed by atoms with Gasteiger partial charge in [0.25, 0.3) is 0 Å². The zero-order valence-corrected chi connectivity index (χ0v) is 12.7. The summed E-state index contributed by atoms with van der Waals surface area (Å²) >= 11 is 0. The maximum absolute atomic E-state index is 12.1. The summed E-state index contributed by atoms with van der Waals surface area (Å²) in [6.45, 7) is 8.55. The van der Waals surface area contributed by atoms with Crippen LogP contribution in [-0.2, 0) is 9.59 Å². The highest BCUT2D eigenvalue weighted by Gasteiger charge is 2.21. The molecule has 0 aromatic heterocycles. The van der Waals surface area contributed by atoms with Gasteiger partial charge in [-0.05, 0) is 34.7 Å². The standard InChI is InChI=1S/C13H27N3O2/c1-10(2)16(11(3)4)13(18)9-15(7)8-12(17)14(5)6/h10-11H,8-9H2,1-7H3. The molecule has 18 heavy (non-hydrogen) atoms. The fraction of sp³-hybridized carbons (Fsp3) is 0.846. The number of hydrogen-bond donors (Lipinski definition) is 0. The van der Waals surface area contributed by atoms with Crippen molar-refractivity contribution in [2.45, 2.75) is 39.8 Å². The molecule has 0 bridgehead atoms. The lowest BCUT2D eigenvalue weighted by Crippen LogP contribution is -2.47. The Balaban J connectivity index is 4.41. The summed E-state index contributed by atoms with van der Waals surface area (Å²) in [7, 11) is 5.22. The summed E-state index contributed by atoms with van der Waals surface area (Å²) in [6.07, 6.45) is 0. The maximum atomic E-state index is 12.1. The molecule has 106 valence electrons. The zero-order valence-electron chi connectivity index (χ0n) is 12.7. The van der Waals surface area contributed by atoms with E-state index in [4.69, 9.17) is 0 Å². The van der Waals surface area contributed by atoms with Crippen LogP contribution in [-0.4, -0.2) is 72.8 Å². The van der Waals surface area contributed by atoms with Crippen LogP contribution in [0.4, 0.5) is 0 Å². The monoisotopic (exact) mass is 257 g/mol. The van der Waals surface area contributed by atoms with Gasteiger partial charge in [-0.2, -0.15) is 0 Å². The lowest BCUT2D eigenvalue weighted by atomic mass is 10.2. The van der Waals surface area contributed by atoms with Crippen LogP contribution in [0, 0.1) is 0 Å². The van der Waals surface area contributed by atoms with E-state index < -0.39 is 0 Å². The van der Waals surface area contributed by atoms with Crippen LogP contribution < -0.4 is 0 Å². The van der Waals surface area contributed by atoms with Crippen molar-refractivity contribution < 1.29 is 9.59 Å². The van der Waals surface area contributed by atoms with Crippen LogP contribution in [0.1, 0.15) is 27.7 Å². The molecule has 0 aromatic carbocycles. The normalized spacial score (nSPS) is 11.2. The second-order valence-electron chi connectivity index (χ2n) is 5.45. The van der Waals surface area contributed by atoms with Gasteiger partial charge < -0.3 is 9.80 Å². The smallest absolute Gasteiger partial charge is 0.237 e. The average Bonchev–Trinajstić information content (AvgIpc) is 2.14. The molecule has 0 radical (unpaired) electrons. The average molecular weight is 257 g/mol. The summed E-state index contributed by atoms with van der Waals surface area (Å²) < 4.78 is 0. The van der Waals surface area contributed by atoms with Crippen molar-refractivity contribution >= 4 is 11.8 Å². The van der Waals surface area contributed by atoms with Gasteiger partial charge in [0, 0.05) is 26.2 Å². The van der Waals surface area contributed by atoms with Gasteiger partial charge in [0.05, 0.1) is 13.1 Å². The lowest BCUT2D eigenvalue weighted by Gasteiger charge is -2.32. The minimum absolute atomic E-state index is 0.00550. The molecule has 0 heterocycles. The molecule has 0 saturated carbocycles. The van der Waals surface area contributed by atoms with Crippen molar-refractivity contribution in [1.29, 1.82) is 0 Å². The third-order valence-electron chi connectivity index (χ3n) is 2.71. The Morgan fingerprint density at radius 2 is 1.22 bits per heavy atom. The van der Waals surface area contributed by atoms with E-state index in [1.807, 2.05) is 32.6 Å². The summed E-state index contributed by atoms with van der Waals surface area (Å²) in [4.78, 5) is 28.8. The quantitative estimate of drug-likeness (QED) is 0.702. The molecule has 0 N–H and O–H groups in total.